The van der Waals surface area contributed by atoms with Crippen LogP contribution in [0.3, 0.4) is 0 Å². The molecule has 2 unspecified atom stereocenters. The quantitative estimate of drug-likeness (QED) is 0.890. The largest absolute Gasteiger partial charge is 0.481 e. The first kappa shape index (κ1) is 14.5. The first-order valence-electron chi connectivity index (χ1n) is 6.73. The molecule has 1 aliphatic rings. The Labute approximate surface area is 118 Å². The van der Waals surface area contributed by atoms with Crippen LogP contribution in [-0.4, -0.2) is 48.2 Å². The number of carbonyl (C=O) groups excluding carboxylic acids is 1. The number of hydrogen-bond donors (Lipinski definition) is 1. The number of amides is 1. The van der Waals surface area contributed by atoms with Crippen LogP contribution in [0.4, 0.5) is 0 Å². The van der Waals surface area contributed by atoms with Gasteiger partial charge in [0.25, 0.3) is 5.91 Å². The molecule has 1 heterocycles. The highest BCUT2D eigenvalue weighted by atomic mass is 16.5. The zero-order valence-corrected chi connectivity index (χ0v) is 11.7. The van der Waals surface area contributed by atoms with Gasteiger partial charge in [0.2, 0.25) is 0 Å². The molecule has 20 heavy (non-hydrogen) atoms. The molecular weight excluding hydrogens is 258 g/mol. The van der Waals surface area contributed by atoms with E-state index in [0.717, 1.165) is 0 Å². The van der Waals surface area contributed by atoms with Crippen molar-refractivity contribution in [2.45, 2.75) is 25.3 Å². The van der Waals surface area contributed by atoms with E-state index in [0.29, 0.717) is 30.7 Å². The van der Waals surface area contributed by atoms with Crippen LogP contribution in [0.15, 0.2) is 24.3 Å². The standard InChI is InChI=1S/C15H19NO4/c1-3-12-13(15(18)19)10-6-4-5-7-11(10)14(17)16(12)8-9-20-2/h4-7,12-13H,3,8-9H2,1-2H3,(H,18,19). The van der Waals surface area contributed by atoms with Gasteiger partial charge in [-0.05, 0) is 18.1 Å². The summed E-state index contributed by atoms with van der Waals surface area (Å²) in [7, 11) is 1.57. The minimum atomic E-state index is -0.890. The van der Waals surface area contributed by atoms with E-state index in [1.165, 1.54) is 0 Å². The average Bonchev–Trinajstić information content (AvgIpc) is 2.45. The number of nitrogens with zero attached hydrogens (tertiary/aromatic N) is 1. The molecular formula is C15H19NO4. The summed E-state index contributed by atoms with van der Waals surface area (Å²) in [6, 6.07) is 6.64. The summed E-state index contributed by atoms with van der Waals surface area (Å²) in [6.07, 6.45) is 0.598. The van der Waals surface area contributed by atoms with Crippen LogP contribution in [0.5, 0.6) is 0 Å². The highest BCUT2D eigenvalue weighted by Gasteiger charge is 2.42. The van der Waals surface area contributed by atoms with Crippen molar-refractivity contribution in [1.29, 1.82) is 0 Å². The zero-order chi connectivity index (χ0) is 14.7. The van der Waals surface area contributed by atoms with Crippen molar-refractivity contribution in [2.75, 3.05) is 20.3 Å². The summed E-state index contributed by atoms with van der Waals surface area (Å²) < 4.78 is 5.03. The van der Waals surface area contributed by atoms with Crippen molar-refractivity contribution < 1.29 is 19.4 Å². The lowest BCUT2D eigenvalue weighted by atomic mass is 9.82. The minimum absolute atomic E-state index is 0.109. The molecule has 0 spiro atoms. The summed E-state index contributed by atoms with van der Waals surface area (Å²) in [5.74, 6) is -1.67. The van der Waals surface area contributed by atoms with Gasteiger partial charge >= 0.3 is 5.97 Å². The van der Waals surface area contributed by atoms with Crippen LogP contribution in [-0.2, 0) is 9.53 Å². The lowest BCUT2D eigenvalue weighted by molar-refractivity contribution is -0.140. The molecule has 1 N–H and O–H groups in total. The lowest BCUT2D eigenvalue weighted by Crippen LogP contribution is -2.51. The topological polar surface area (TPSA) is 66.8 Å². The average molecular weight is 277 g/mol. The second-order valence-corrected chi connectivity index (χ2v) is 4.87. The molecule has 1 aliphatic heterocycles. The van der Waals surface area contributed by atoms with Gasteiger partial charge < -0.3 is 14.7 Å². The molecule has 1 amide bonds. The van der Waals surface area contributed by atoms with E-state index in [4.69, 9.17) is 4.74 Å². The Kier molecular flexibility index (Phi) is 4.39. The van der Waals surface area contributed by atoms with Gasteiger partial charge in [-0.25, -0.2) is 0 Å². The van der Waals surface area contributed by atoms with Gasteiger partial charge in [-0.1, -0.05) is 25.1 Å². The molecule has 0 fully saturated rings. The Hall–Kier alpha value is -1.88. The second kappa shape index (κ2) is 6.05. The number of rotatable bonds is 5. The van der Waals surface area contributed by atoms with Crippen molar-refractivity contribution in [3.63, 3.8) is 0 Å². The molecule has 0 bridgehead atoms. The zero-order valence-electron chi connectivity index (χ0n) is 11.7. The smallest absolute Gasteiger partial charge is 0.313 e. The molecule has 5 heteroatoms. The fraction of sp³-hybridized carbons (Fsp3) is 0.467. The monoisotopic (exact) mass is 277 g/mol. The third kappa shape index (κ3) is 2.41. The van der Waals surface area contributed by atoms with Gasteiger partial charge in [-0.2, -0.15) is 0 Å². The number of ether oxygens (including phenoxy) is 1. The lowest BCUT2D eigenvalue weighted by Gasteiger charge is -2.40. The molecule has 1 aromatic carbocycles. The maximum Gasteiger partial charge on any atom is 0.313 e. The summed E-state index contributed by atoms with van der Waals surface area (Å²) in [6.45, 7) is 2.71. The number of fused-ring (bicyclic) bond motifs is 1. The van der Waals surface area contributed by atoms with Gasteiger partial charge in [0, 0.05) is 25.3 Å². The Bertz CT molecular complexity index is 514. The van der Waals surface area contributed by atoms with Gasteiger partial charge in [-0.15, -0.1) is 0 Å². The van der Waals surface area contributed by atoms with Crippen molar-refractivity contribution in [3.05, 3.63) is 35.4 Å². The normalized spacial score (nSPS) is 21.7. The van der Waals surface area contributed by atoms with E-state index >= 15 is 0 Å². The molecule has 0 aromatic heterocycles. The Morgan fingerprint density at radius 3 is 2.70 bits per heavy atom. The molecule has 2 rings (SSSR count). The van der Waals surface area contributed by atoms with E-state index in [-0.39, 0.29) is 11.9 Å². The molecule has 2 atom stereocenters. The highest BCUT2D eigenvalue weighted by molar-refractivity contribution is 6.00. The first-order valence-corrected chi connectivity index (χ1v) is 6.73. The van der Waals surface area contributed by atoms with E-state index in [1.807, 2.05) is 6.92 Å². The van der Waals surface area contributed by atoms with Gasteiger partial charge in [0.05, 0.1) is 6.61 Å². The number of carbonyl (C=O) groups is 2. The molecule has 5 nitrogen and oxygen atoms in total. The summed E-state index contributed by atoms with van der Waals surface area (Å²) in [5.41, 5.74) is 1.10. The maximum absolute atomic E-state index is 12.5. The van der Waals surface area contributed by atoms with E-state index in [1.54, 1.807) is 36.3 Å². The van der Waals surface area contributed by atoms with Crippen LogP contribution in [0, 0.1) is 0 Å². The Morgan fingerprint density at radius 1 is 1.40 bits per heavy atom. The Balaban J connectivity index is 2.48. The predicted molar refractivity (Wildman–Crippen MR) is 73.8 cm³/mol. The molecule has 0 saturated heterocycles. The SMILES string of the molecule is CCC1C(C(=O)O)c2ccccc2C(=O)N1CCOC. The molecule has 1 aromatic rings. The third-order valence-electron chi connectivity index (χ3n) is 3.79. The highest BCUT2D eigenvalue weighted by Crippen LogP contribution is 2.34. The first-order chi connectivity index (χ1) is 9.61. The van der Waals surface area contributed by atoms with Crippen LogP contribution in [0.2, 0.25) is 0 Å². The Morgan fingerprint density at radius 2 is 2.10 bits per heavy atom. The van der Waals surface area contributed by atoms with Crippen molar-refractivity contribution >= 4 is 11.9 Å². The van der Waals surface area contributed by atoms with E-state index < -0.39 is 11.9 Å². The van der Waals surface area contributed by atoms with Crippen LogP contribution < -0.4 is 0 Å². The molecule has 0 radical (unpaired) electrons. The van der Waals surface area contributed by atoms with Crippen molar-refractivity contribution in [2.24, 2.45) is 0 Å². The molecule has 0 aliphatic carbocycles. The molecule has 108 valence electrons. The van der Waals surface area contributed by atoms with E-state index in [9.17, 15) is 14.7 Å². The number of benzene rings is 1. The number of methoxy groups -OCH3 is 1. The number of hydrogen-bond acceptors (Lipinski definition) is 3. The van der Waals surface area contributed by atoms with Gasteiger partial charge in [-0.3, -0.25) is 9.59 Å². The number of carboxylic acid groups (broad SMARTS) is 1. The van der Waals surface area contributed by atoms with Crippen LogP contribution in [0.25, 0.3) is 0 Å². The summed E-state index contributed by atoms with van der Waals surface area (Å²) >= 11 is 0. The van der Waals surface area contributed by atoms with Gasteiger partial charge in [0.15, 0.2) is 0 Å². The van der Waals surface area contributed by atoms with Crippen LogP contribution >= 0.6 is 0 Å². The fourth-order valence-corrected chi connectivity index (χ4v) is 2.87. The fourth-order valence-electron chi connectivity index (χ4n) is 2.87. The summed E-state index contributed by atoms with van der Waals surface area (Å²) in [5, 5.41) is 9.55. The molecule has 0 saturated carbocycles. The van der Waals surface area contributed by atoms with Gasteiger partial charge in [0.1, 0.15) is 5.92 Å². The summed E-state index contributed by atoms with van der Waals surface area (Å²) in [4.78, 5) is 25.8. The number of carboxylic acids is 1. The van der Waals surface area contributed by atoms with Crippen molar-refractivity contribution in [1.82, 2.24) is 4.90 Å². The predicted octanol–water partition coefficient (Wildman–Crippen LogP) is 1.74. The second-order valence-electron chi connectivity index (χ2n) is 4.87. The van der Waals surface area contributed by atoms with E-state index in [2.05, 4.69) is 0 Å². The number of aliphatic carboxylic acids is 1. The van der Waals surface area contributed by atoms with Crippen LogP contribution in [0.1, 0.15) is 35.2 Å². The van der Waals surface area contributed by atoms with Crippen molar-refractivity contribution in [3.8, 4) is 0 Å². The minimum Gasteiger partial charge on any atom is -0.481 e. The maximum atomic E-state index is 12.5. The third-order valence-corrected chi connectivity index (χ3v) is 3.79.